The standard InChI is InChI=1S/C13H18FNO4/c1-17-8-9-18-10-13(16)15-6-7-19-12-5-3-2-4-11(12)14/h2-5H,6-10H2,1H3,(H,15,16). The van der Waals surface area contributed by atoms with Crippen molar-refractivity contribution >= 4 is 5.91 Å². The molecule has 0 radical (unpaired) electrons. The molecule has 0 heterocycles. The van der Waals surface area contributed by atoms with Gasteiger partial charge in [-0.1, -0.05) is 12.1 Å². The number of benzene rings is 1. The number of ether oxygens (including phenoxy) is 3. The van der Waals surface area contributed by atoms with Crippen LogP contribution in [0.25, 0.3) is 0 Å². The molecule has 1 N–H and O–H groups in total. The fraction of sp³-hybridized carbons (Fsp3) is 0.462. The normalized spacial score (nSPS) is 10.2. The van der Waals surface area contributed by atoms with Crippen LogP contribution in [0.5, 0.6) is 5.75 Å². The molecule has 1 aromatic rings. The van der Waals surface area contributed by atoms with Gasteiger partial charge in [-0.25, -0.2) is 4.39 Å². The van der Waals surface area contributed by atoms with Gasteiger partial charge in [-0.15, -0.1) is 0 Å². The van der Waals surface area contributed by atoms with E-state index in [1.807, 2.05) is 0 Å². The van der Waals surface area contributed by atoms with Crippen molar-refractivity contribution in [2.24, 2.45) is 0 Å². The van der Waals surface area contributed by atoms with E-state index in [4.69, 9.17) is 14.2 Å². The van der Waals surface area contributed by atoms with E-state index in [0.717, 1.165) is 0 Å². The molecule has 0 unspecified atom stereocenters. The molecule has 6 heteroatoms. The molecule has 0 aliphatic rings. The summed E-state index contributed by atoms with van der Waals surface area (Å²) in [5.74, 6) is -0.488. The lowest BCUT2D eigenvalue weighted by Crippen LogP contribution is -2.31. The van der Waals surface area contributed by atoms with Crippen LogP contribution in [-0.2, 0) is 14.3 Å². The molecule has 1 aromatic carbocycles. The number of carbonyl (C=O) groups excluding carboxylic acids is 1. The van der Waals surface area contributed by atoms with Crippen molar-refractivity contribution in [1.29, 1.82) is 0 Å². The van der Waals surface area contributed by atoms with Crippen molar-refractivity contribution in [3.8, 4) is 5.75 Å². The third-order valence-corrected chi connectivity index (χ3v) is 2.18. The summed E-state index contributed by atoms with van der Waals surface area (Å²) in [6.45, 7) is 1.29. The number of halogens is 1. The van der Waals surface area contributed by atoms with Crippen LogP contribution >= 0.6 is 0 Å². The average Bonchev–Trinajstić information content (AvgIpc) is 2.41. The maximum atomic E-state index is 13.2. The largest absolute Gasteiger partial charge is 0.489 e. The van der Waals surface area contributed by atoms with E-state index in [2.05, 4.69) is 5.32 Å². The lowest BCUT2D eigenvalue weighted by atomic mass is 10.3. The number of carbonyl (C=O) groups is 1. The summed E-state index contributed by atoms with van der Waals surface area (Å²) in [4.78, 5) is 11.3. The number of para-hydroxylation sites is 1. The lowest BCUT2D eigenvalue weighted by molar-refractivity contribution is -0.126. The molecule has 106 valence electrons. The molecule has 19 heavy (non-hydrogen) atoms. The van der Waals surface area contributed by atoms with Gasteiger partial charge in [-0.05, 0) is 12.1 Å². The Kier molecular flexibility index (Phi) is 7.53. The van der Waals surface area contributed by atoms with E-state index in [1.54, 1.807) is 19.2 Å². The number of nitrogens with one attached hydrogen (secondary N) is 1. The van der Waals surface area contributed by atoms with E-state index >= 15 is 0 Å². The first-order valence-electron chi connectivity index (χ1n) is 5.94. The summed E-state index contributed by atoms with van der Waals surface area (Å²) in [7, 11) is 1.56. The highest BCUT2D eigenvalue weighted by Crippen LogP contribution is 2.14. The van der Waals surface area contributed by atoms with E-state index in [1.165, 1.54) is 12.1 Å². The van der Waals surface area contributed by atoms with E-state index < -0.39 is 5.82 Å². The van der Waals surface area contributed by atoms with Gasteiger partial charge in [0.15, 0.2) is 11.6 Å². The number of hydrogen-bond acceptors (Lipinski definition) is 4. The highest BCUT2D eigenvalue weighted by atomic mass is 19.1. The van der Waals surface area contributed by atoms with Crippen LogP contribution in [0.2, 0.25) is 0 Å². The van der Waals surface area contributed by atoms with Gasteiger partial charge >= 0.3 is 0 Å². The van der Waals surface area contributed by atoms with Crippen molar-refractivity contribution < 1.29 is 23.4 Å². The molecule has 0 bridgehead atoms. The Balaban J connectivity index is 2.07. The summed E-state index contributed by atoms with van der Waals surface area (Å²) in [5, 5.41) is 2.60. The molecule has 0 aliphatic carbocycles. The Hall–Kier alpha value is -1.66. The monoisotopic (exact) mass is 271 g/mol. The molecule has 5 nitrogen and oxygen atoms in total. The van der Waals surface area contributed by atoms with Gasteiger partial charge in [0, 0.05) is 7.11 Å². The SMILES string of the molecule is COCCOCC(=O)NCCOc1ccccc1F. The second-order valence-electron chi connectivity index (χ2n) is 3.67. The van der Waals surface area contributed by atoms with Gasteiger partial charge in [-0.3, -0.25) is 4.79 Å². The van der Waals surface area contributed by atoms with Gasteiger partial charge < -0.3 is 19.5 Å². The first-order chi connectivity index (χ1) is 9.24. The lowest BCUT2D eigenvalue weighted by Gasteiger charge is -2.08. The molecule has 0 spiro atoms. The van der Waals surface area contributed by atoms with Gasteiger partial charge in [0.05, 0.1) is 19.8 Å². The minimum absolute atomic E-state index is 0.0247. The van der Waals surface area contributed by atoms with E-state index in [0.29, 0.717) is 19.8 Å². The fourth-order valence-corrected chi connectivity index (χ4v) is 1.27. The van der Waals surface area contributed by atoms with Crippen molar-refractivity contribution in [2.75, 3.05) is 40.1 Å². The zero-order chi connectivity index (χ0) is 13.9. The predicted octanol–water partition coefficient (Wildman–Crippen LogP) is 0.984. The second kappa shape index (κ2) is 9.29. The van der Waals surface area contributed by atoms with Crippen molar-refractivity contribution in [1.82, 2.24) is 5.32 Å². The minimum atomic E-state index is -0.420. The zero-order valence-corrected chi connectivity index (χ0v) is 10.9. The summed E-state index contributed by atoms with van der Waals surface area (Å²) < 4.78 is 28.2. The molecule has 0 aromatic heterocycles. The fourth-order valence-electron chi connectivity index (χ4n) is 1.27. The molecule has 0 saturated heterocycles. The van der Waals surface area contributed by atoms with Crippen LogP contribution in [0.4, 0.5) is 4.39 Å². The summed E-state index contributed by atoms with van der Waals surface area (Å²) in [6, 6.07) is 6.12. The highest BCUT2D eigenvalue weighted by molar-refractivity contribution is 5.77. The molecular weight excluding hydrogens is 253 g/mol. The zero-order valence-electron chi connectivity index (χ0n) is 10.9. The minimum Gasteiger partial charge on any atom is -0.489 e. The summed E-state index contributed by atoms with van der Waals surface area (Å²) in [5.41, 5.74) is 0. The maximum Gasteiger partial charge on any atom is 0.246 e. The maximum absolute atomic E-state index is 13.2. The highest BCUT2D eigenvalue weighted by Gasteiger charge is 2.03. The number of rotatable bonds is 9. The van der Waals surface area contributed by atoms with Gasteiger partial charge in [0.25, 0.3) is 0 Å². The van der Waals surface area contributed by atoms with Crippen LogP contribution in [0, 0.1) is 5.82 Å². The van der Waals surface area contributed by atoms with Crippen LogP contribution in [0.1, 0.15) is 0 Å². The van der Waals surface area contributed by atoms with Crippen molar-refractivity contribution in [3.05, 3.63) is 30.1 Å². The summed E-state index contributed by atoms with van der Waals surface area (Å²) in [6.07, 6.45) is 0. The number of hydrogen-bond donors (Lipinski definition) is 1. The molecule has 0 aliphatic heterocycles. The Bertz CT molecular complexity index is 387. The third-order valence-electron chi connectivity index (χ3n) is 2.18. The topological polar surface area (TPSA) is 56.8 Å². The molecule has 0 atom stereocenters. The smallest absolute Gasteiger partial charge is 0.246 e. The van der Waals surface area contributed by atoms with Crippen LogP contribution in [0.15, 0.2) is 24.3 Å². The first kappa shape index (κ1) is 15.4. The number of amides is 1. The van der Waals surface area contributed by atoms with Gasteiger partial charge in [-0.2, -0.15) is 0 Å². The van der Waals surface area contributed by atoms with Crippen LogP contribution in [-0.4, -0.2) is 46.0 Å². The predicted molar refractivity (Wildman–Crippen MR) is 67.6 cm³/mol. The molecule has 0 saturated carbocycles. The van der Waals surface area contributed by atoms with Gasteiger partial charge in [0.2, 0.25) is 5.91 Å². The molecule has 1 amide bonds. The second-order valence-corrected chi connectivity index (χ2v) is 3.67. The first-order valence-corrected chi connectivity index (χ1v) is 5.94. The third kappa shape index (κ3) is 6.73. The Morgan fingerprint density at radius 1 is 1.26 bits per heavy atom. The number of methoxy groups -OCH3 is 1. The molecule has 1 rings (SSSR count). The Morgan fingerprint density at radius 2 is 2.05 bits per heavy atom. The quantitative estimate of drug-likeness (QED) is 0.680. The van der Waals surface area contributed by atoms with Gasteiger partial charge in [0.1, 0.15) is 13.2 Å². The molecular formula is C13H18FNO4. The summed E-state index contributed by atoms with van der Waals surface area (Å²) >= 11 is 0. The van der Waals surface area contributed by atoms with Crippen LogP contribution < -0.4 is 10.1 Å². The van der Waals surface area contributed by atoms with Crippen LogP contribution in [0.3, 0.4) is 0 Å². The molecule has 0 fully saturated rings. The van der Waals surface area contributed by atoms with E-state index in [9.17, 15) is 9.18 Å². The van der Waals surface area contributed by atoms with Crippen molar-refractivity contribution in [2.45, 2.75) is 0 Å². The average molecular weight is 271 g/mol. The van der Waals surface area contributed by atoms with E-state index in [-0.39, 0.29) is 24.9 Å². The Labute approximate surface area is 111 Å². The van der Waals surface area contributed by atoms with Crippen molar-refractivity contribution in [3.63, 3.8) is 0 Å². The Morgan fingerprint density at radius 3 is 2.79 bits per heavy atom.